The zero-order valence-electron chi connectivity index (χ0n) is 15.4. The number of halogens is 1. The fraction of sp³-hybridized carbons (Fsp3) is 0.421. The number of carbonyl (C=O) groups excluding carboxylic acids is 2. The highest BCUT2D eigenvalue weighted by molar-refractivity contribution is 6.30. The van der Waals surface area contributed by atoms with Crippen LogP contribution in [0.3, 0.4) is 0 Å². The molecule has 0 radical (unpaired) electrons. The summed E-state index contributed by atoms with van der Waals surface area (Å²) in [6, 6.07) is 9.23. The molecule has 144 valence electrons. The number of aromatic nitrogens is 2. The summed E-state index contributed by atoms with van der Waals surface area (Å²) in [6.07, 6.45) is 1.43. The number of esters is 1. The Balaban J connectivity index is 1.56. The van der Waals surface area contributed by atoms with Crippen LogP contribution in [0, 0.1) is 5.92 Å². The van der Waals surface area contributed by atoms with Gasteiger partial charge < -0.3 is 10.1 Å². The number of aryl methyl sites for hydroxylation is 1. The molecule has 0 saturated carbocycles. The lowest BCUT2D eigenvalue weighted by Crippen LogP contribution is -2.41. The van der Waals surface area contributed by atoms with E-state index in [0.717, 1.165) is 11.3 Å². The van der Waals surface area contributed by atoms with Crippen LogP contribution in [0.25, 0.3) is 11.3 Å². The molecule has 0 aliphatic carbocycles. The van der Waals surface area contributed by atoms with Crippen molar-refractivity contribution in [2.24, 2.45) is 13.0 Å². The Labute approximate surface area is 163 Å². The van der Waals surface area contributed by atoms with Crippen molar-refractivity contribution in [3.8, 4) is 11.3 Å². The Morgan fingerprint density at radius 1 is 1.26 bits per heavy atom. The normalized spacial score (nSPS) is 15.5. The predicted molar refractivity (Wildman–Crippen MR) is 103 cm³/mol. The molecule has 1 aromatic heterocycles. The van der Waals surface area contributed by atoms with Crippen molar-refractivity contribution >= 4 is 29.3 Å². The van der Waals surface area contributed by atoms with Gasteiger partial charge >= 0.3 is 5.97 Å². The van der Waals surface area contributed by atoms with Gasteiger partial charge in [0.25, 0.3) is 0 Å². The minimum absolute atomic E-state index is 0.0617. The second kappa shape index (κ2) is 8.54. The van der Waals surface area contributed by atoms with Crippen LogP contribution in [0.4, 0.5) is 5.82 Å². The number of methoxy groups -OCH3 is 1. The fourth-order valence-electron chi connectivity index (χ4n) is 3.22. The van der Waals surface area contributed by atoms with Crippen molar-refractivity contribution in [1.29, 1.82) is 0 Å². The highest BCUT2D eigenvalue weighted by Crippen LogP contribution is 2.23. The number of carbonyl (C=O) groups is 2. The maximum absolute atomic E-state index is 12.4. The van der Waals surface area contributed by atoms with Gasteiger partial charge in [0.2, 0.25) is 5.91 Å². The van der Waals surface area contributed by atoms with Gasteiger partial charge in [-0.15, -0.1) is 0 Å². The van der Waals surface area contributed by atoms with Crippen LogP contribution in [0.15, 0.2) is 30.3 Å². The topological polar surface area (TPSA) is 76.5 Å². The summed E-state index contributed by atoms with van der Waals surface area (Å²) in [7, 11) is 3.20. The van der Waals surface area contributed by atoms with Crippen LogP contribution >= 0.6 is 11.6 Å². The first-order valence-electron chi connectivity index (χ1n) is 8.86. The van der Waals surface area contributed by atoms with Crippen LogP contribution in [-0.4, -0.2) is 53.3 Å². The van der Waals surface area contributed by atoms with Crippen LogP contribution in [0.2, 0.25) is 5.02 Å². The van der Waals surface area contributed by atoms with Gasteiger partial charge in [0.1, 0.15) is 5.82 Å². The highest BCUT2D eigenvalue weighted by Gasteiger charge is 2.26. The molecule has 1 aliphatic rings. The average Bonchev–Trinajstić information content (AvgIpc) is 3.02. The summed E-state index contributed by atoms with van der Waals surface area (Å²) in [5.41, 5.74) is 1.70. The summed E-state index contributed by atoms with van der Waals surface area (Å²) in [5, 5.41) is 8.02. The number of benzene rings is 1. The number of piperidine rings is 1. The number of nitrogens with one attached hydrogen (secondary N) is 1. The molecule has 7 nitrogen and oxygen atoms in total. The zero-order chi connectivity index (χ0) is 19.4. The molecule has 0 atom stereocenters. The maximum atomic E-state index is 12.4. The third-order valence-electron chi connectivity index (χ3n) is 4.78. The third-order valence-corrected chi connectivity index (χ3v) is 5.03. The lowest BCUT2D eigenvalue weighted by molar-refractivity contribution is -0.147. The lowest BCUT2D eigenvalue weighted by Gasteiger charge is -2.29. The average molecular weight is 391 g/mol. The van der Waals surface area contributed by atoms with Gasteiger partial charge in [0, 0.05) is 23.7 Å². The molecule has 1 aromatic carbocycles. The molecule has 27 heavy (non-hydrogen) atoms. The van der Waals surface area contributed by atoms with Gasteiger partial charge in [-0.3, -0.25) is 19.2 Å². The Hall–Kier alpha value is -2.38. The summed E-state index contributed by atoms with van der Waals surface area (Å²) in [5.74, 6) is 0.309. The number of rotatable bonds is 5. The second-order valence-corrected chi connectivity index (χ2v) is 7.10. The summed E-state index contributed by atoms with van der Waals surface area (Å²) in [4.78, 5) is 26.0. The first-order chi connectivity index (χ1) is 13.0. The molecule has 1 fully saturated rings. The largest absolute Gasteiger partial charge is 0.469 e. The fourth-order valence-corrected chi connectivity index (χ4v) is 3.35. The van der Waals surface area contributed by atoms with Crippen molar-refractivity contribution in [2.75, 3.05) is 32.1 Å². The first kappa shape index (κ1) is 19.4. The van der Waals surface area contributed by atoms with Crippen molar-refractivity contribution < 1.29 is 14.3 Å². The van der Waals surface area contributed by atoms with E-state index in [0.29, 0.717) is 36.8 Å². The van der Waals surface area contributed by atoms with E-state index in [1.807, 2.05) is 35.2 Å². The lowest BCUT2D eigenvalue weighted by atomic mass is 9.97. The Morgan fingerprint density at radius 3 is 2.56 bits per heavy atom. The van der Waals surface area contributed by atoms with Gasteiger partial charge in [0.05, 0.1) is 25.3 Å². The zero-order valence-corrected chi connectivity index (χ0v) is 16.2. The SMILES string of the molecule is COC(=O)C1CCN(CC(=O)Nc2cc(-c3ccc(Cl)cc3)nn2C)CC1. The van der Waals surface area contributed by atoms with Crippen LogP contribution in [0.1, 0.15) is 12.8 Å². The number of hydrogen-bond acceptors (Lipinski definition) is 5. The summed E-state index contributed by atoms with van der Waals surface area (Å²) in [6.45, 7) is 1.69. The van der Waals surface area contributed by atoms with Crippen LogP contribution < -0.4 is 5.32 Å². The summed E-state index contributed by atoms with van der Waals surface area (Å²) >= 11 is 5.92. The van der Waals surface area contributed by atoms with E-state index >= 15 is 0 Å². The molecule has 0 unspecified atom stereocenters. The van der Waals surface area contributed by atoms with E-state index in [9.17, 15) is 9.59 Å². The van der Waals surface area contributed by atoms with Crippen molar-refractivity contribution in [3.63, 3.8) is 0 Å². The molecule has 1 amide bonds. The van der Waals surface area contributed by atoms with Crippen molar-refractivity contribution in [2.45, 2.75) is 12.8 Å². The van der Waals surface area contributed by atoms with Gasteiger partial charge in [-0.1, -0.05) is 23.7 Å². The van der Waals surface area contributed by atoms with Gasteiger partial charge in [-0.05, 0) is 38.1 Å². The van der Waals surface area contributed by atoms with E-state index in [-0.39, 0.29) is 24.3 Å². The monoisotopic (exact) mass is 390 g/mol. The van der Waals surface area contributed by atoms with Crippen LogP contribution in [0.5, 0.6) is 0 Å². The molecule has 2 heterocycles. The molecule has 0 spiro atoms. The Morgan fingerprint density at radius 2 is 1.93 bits per heavy atom. The van der Waals surface area contributed by atoms with E-state index in [2.05, 4.69) is 10.4 Å². The van der Waals surface area contributed by atoms with Gasteiger partial charge in [0.15, 0.2) is 0 Å². The highest BCUT2D eigenvalue weighted by atomic mass is 35.5. The van der Waals surface area contributed by atoms with Gasteiger partial charge in [-0.2, -0.15) is 5.10 Å². The molecular formula is C19H23ClN4O3. The van der Waals surface area contributed by atoms with Crippen LogP contribution in [-0.2, 0) is 21.4 Å². The van der Waals surface area contributed by atoms with Crippen molar-refractivity contribution in [1.82, 2.24) is 14.7 Å². The number of amides is 1. The van der Waals surface area contributed by atoms with E-state index in [4.69, 9.17) is 16.3 Å². The number of hydrogen-bond donors (Lipinski definition) is 1. The van der Waals surface area contributed by atoms with E-state index < -0.39 is 0 Å². The maximum Gasteiger partial charge on any atom is 0.308 e. The number of anilines is 1. The van der Waals surface area contributed by atoms with E-state index in [1.165, 1.54) is 7.11 Å². The van der Waals surface area contributed by atoms with Crippen molar-refractivity contribution in [3.05, 3.63) is 35.4 Å². The smallest absolute Gasteiger partial charge is 0.308 e. The van der Waals surface area contributed by atoms with Gasteiger partial charge in [-0.25, -0.2) is 0 Å². The molecule has 0 bridgehead atoms. The number of likely N-dealkylation sites (tertiary alicyclic amines) is 1. The number of ether oxygens (including phenoxy) is 1. The second-order valence-electron chi connectivity index (χ2n) is 6.67. The minimum atomic E-state index is -0.163. The molecule has 1 N–H and O–H groups in total. The molecule has 1 aliphatic heterocycles. The van der Waals surface area contributed by atoms with E-state index in [1.54, 1.807) is 11.7 Å². The number of nitrogens with zero attached hydrogens (tertiary/aromatic N) is 3. The Bertz CT molecular complexity index is 811. The molecular weight excluding hydrogens is 368 g/mol. The first-order valence-corrected chi connectivity index (χ1v) is 9.24. The predicted octanol–water partition coefficient (Wildman–Crippen LogP) is 2.56. The molecule has 1 saturated heterocycles. The molecule has 3 rings (SSSR count). The summed E-state index contributed by atoms with van der Waals surface area (Å²) < 4.78 is 6.43. The molecule has 8 heteroatoms. The quantitative estimate of drug-likeness (QED) is 0.794. The molecule has 2 aromatic rings. The minimum Gasteiger partial charge on any atom is -0.469 e. The Kier molecular flexibility index (Phi) is 6.13. The third kappa shape index (κ3) is 4.87. The standard InChI is InChI=1S/C19H23ClN4O3/c1-23-17(11-16(22-23)13-3-5-15(20)6-4-13)21-18(25)12-24-9-7-14(8-10-24)19(26)27-2/h3-6,11,14H,7-10,12H2,1-2H3,(H,21,25).